The number of benzene rings is 2. The molecule has 0 aliphatic carbocycles. The maximum atomic E-state index is 11.9. The van der Waals surface area contributed by atoms with Crippen LogP contribution in [0.3, 0.4) is 0 Å². The molecule has 2 heterocycles. The zero-order valence-electron chi connectivity index (χ0n) is 18.3. The minimum Gasteiger partial charge on any atom is -0.494 e. The molecule has 0 fully saturated rings. The molecule has 0 unspecified atom stereocenters. The highest BCUT2D eigenvalue weighted by molar-refractivity contribution is 5.85. The van der Waals surface area contributed by atoms with Crippen LogP contribution in [-0.2, 0) is 0 Å². The fraction of sp³-hybridized carbons (Fsp3) is 0.208. The summed E-state index contributed by atoms with van der Waals surface area (Å²) in [6, 6.07) is 16.3. The van der Waals surface area contributed by atoms with Crippen LogP contribution < -0.4 is 14.8 Å². The number of para-hydroxylation sites is 1. The van der Waals surface area contributed by atoms with Crippen molar-refractivity contribution in [3.05, 3.63) is 76.7 Å². The summed E-state index contributed by atoms with van der Waals surface area (Å²) in [7, 11) is 0. The Balaban J connectivity index is 1.62. The molecule has 0 saturated heterocycles. The van der Waals surface area contributed by atoms with E-state index in [0.717, 1.165) is 29.7 Å². The maximum Gasteiger partial charge on any atom is 0.373 e. The lowest BCUT2D eigenvalue weighted by molar-refractivity contribution is -0.385. The van der Waals surface area contributed by atoms with Gasteiger partial charge in [0, 0.05) is 16.8 Å². The van der Waals surface area contributed by atoms with Gasteiger partial charge in [0.1, 0.15) is 17.6 Å². The van der Waals surface area contributed by atoms with Crippen molar-refractivity contribution in [2.75, 3.05) is 11.9 Å². The first-order valence-electron chi connectivity index (χ1n) is 10.6. The summed E-state index contributed by atoms with van der Waals surface area (Å²) in [5, 5.41) is 15.7. The van der Waals surface area contributed by atoms with Crippen LogP contribution in [-0.4, -0.2) is 26.5 Å². The first kappa shape index (κ1) is 21.9. The van der Waals surface area contributed by atoms with E-state index in [4.69, 9.17) is 9.47 Å². The predicted molar refractivity (Wildman–Crippen MR) is 125 cm³/mol. The van der Waals surface area contributed by atoms with Crippen molar-refractivity contribution < 1.29 is 14.4 Å². The zero-order chi connectivity index (χ0) is 23.2. The van der Waals surface area contributed by atoms with Gasteiger partial charge in [-0.05, 0) is 49.7 Å². The molecule has 0 atom stereocenters. The fourth-order valence-electron chi connectivity index (χ4n) is 3.20. The molecular weight excluding hydrogens is 422 g/mol. The van der Waals surface area contributed by atoms with Gasteiger partial charge in [0.05, 0.1) is 11.5 Å². The van der Waals surface area contributed by atoms with Gasteiger partial charge in [-0.25, -0.2) is 9.97 Å². The van der Waals surface area contributed by atoms with Gasteiger partial charge in [0.2, 0.25) is 5.82 Å². The molecule has 0 bridgehead atoms. The third-order valence-electron chi connectivity index (χ3n) is 4.88. The topological polar surface area (TPSA) is 112 Å². The lowest BCUT2D eigenvalue weighted by atomic mass is 10.2. The number of pyridine rings is 1. The molecule has 0 spiro atoms. The second-order valence-corrected chi connectivity index (χ2v) is 7.37. The van der Waals surface area contributed by atoms with E-state index in [1.54, 1.807) is 36.4 Å². The van der Waals surface area contributed by atoms with Crippen molar-refractivity contribution in [1.82, 2.24) is 15.0 Å². The third-order valence-corrected chi connectivity index (χ3v) is 4.88. The number of rotatable bonds is 9. The van der Waals surface area contributed by atoms with Crippen LogP contribution in [0.5, 0.6) is 17.4 Å². The van der Waals surface area contributed by atoms with Crippen LogP contribution in [0, 0.1) is 17.0 Å². The van der Waals surface area contributed by atoms with Crippen LogP contribution in [0.25, 0.3) is 10.9 Å². The van der Waals surface area contributed by atoms with Gasteiger partial charge in [0.25, 0.3) is 0 Å². The highest BCUT2D eigenvalue weighted by Crippen LogP contribution is 2.37. The number of nitro groups is 1. The molecule has 168 valence electrons. The van der Waals surface area contributed by atoms with Gasteiger partial charge in [-0.1, -0.05) is 31.5 Å². The molecule has 4 aromatic rings. The number of anilines is 2. The van der Waals surface area contributed by atoms with Gasteiger partial charge >= 0.3 is 11.6 Å². The van der Waals surface area contributed by atoms with Crippen molar-refractivity contribution in [3.8, 4) is 17.4 Å². The van der Waals surface area contributed by atoms with Crippen LogP contribution in [0.2, 0.25) is 0 Å². The minimum atomic E-state index is -0.566. The number of nitrogens with one attached hydrogen (secondary N) is 1. The van der Waals surface area contributed by atoms with E-state index in [9.17, 15) is 10.1 Å². The van der Waals surface area contributed by atoms with Crippen LogP contribution in [0.1, 0.15) is 25.5 Å². The lowest BCUT2D eigenvalue weighted by Crippen LogP contribution is -2.04. The quantitative estimate of drug-likeness (QED) is 0.191. The summed E-state index contributed by atoms with van der Waals surface area (Å²) in [5.41, 5.74) is 1.65. The van der Waals surface area contributed by atoms with E-state index in [2.05, 4.69) is 27.2 Å². The van der Waals surface area contributed by atoms with Crippen molar-refractivity contribution in [2.24, 2.45) is 0 Å². The Bertz CT molecular complexity index is 1280. The highest BCUT2D eigenvalue weighted by Gasteiger charge is 2.26. The zero-order valence-corrected chi connectivity index (χ0v) is 18.3. The average molecular weight is 445 g/mol. The third kappa shape index (κ3) is 5.15. The molecule has 2 aromatic carbocycles. The Morgan fingerprint density at radius 1 is 1.06 bits per heavy atom. The SMILES string of the molecule is CCCCOc1ccc(Nc2ncnc(Oc3cccc4ccc(C)nc34)c2[N+](=O)[O-])cc1. The lowest BCUT2D eigenvalue weighted by Gasteiger charge is -2.11. The first-order valence-corrected chi connectivity index (χ1v) is 10.6. The maximum absolute atomic E-state index is 11.9. The number of hydrogen-bond acceptors (Lipinski definition) is 8. The van der Waals surface area contributed by atoms with Gasteiger partial charge in [-0.15, -0.1) is 0 Å². The normalized spacial score (nSPS) is 10.7. The number of fused-ring (bicyclic) bond motifs is 1. The first-order chi connectivity index (χ1) is 16.0. The molecule has 0 saturated carbocycles. The fourth-order valence-corrected chi connectivity index (χ4v) is 3.20. The van der Waals surface area contributed by atoms with Crippen LogP contribution >= 0.6 is 0 Å². The van der Waals surface area contributed by atoms with Crippen molar-refractivity contribution >= 4 is 28.1 Å². The van der Waals surface area contributed by atoms with Gasteiger partial charge in [-0.2, -0.15) is 4.98 Å². The van der Waals surface area contributed by atoms with Crippen molar-refractivity contribution in [3.63, 3.8) is 0 Å². The largest absolute Gasteiger partial charge is 0.494 e. The molecule has 4 rings (SSSR count). The van der Waals surface area contributed by atoms with Crippen molar-refractivity contribution in [2.45, 2.75) is 26.7 Å². The molecule has 0 radical (unpaired) electrons. The van der Waals surface area contributed by atoms with E-state index >= 15 is 0 Å². The molecule has 9 heteroatoms. The number of nitrogens with zero attached hydrogens (tertiary/aromatic N) is 4. The number of unbranched alkanes of at least 4 members (excludes halogenated alkanes) is 1. The molecule has 0 amide bonds. The number of ether oxygens (including phenoxy) is 2. The van der Waals surface area contributed by atoms with Gasteiger partial charge < -0.3 is 14.8 Å². The van der Waals surface area contributed by atoms with Gasteiger partial charge in [0.15, 0.2) is 5.75 Å². The standard InChI is InChI=1S/C24H23N5O4/c1-3-4-14-32-19-12-10-18(11-13-19)28-23-22(29(30)31)24(26-15-25-23)33-20-7-5-6-17-9-8-16(2)27-21(17)20/h5-13,15H,3-4,14H2,1-2H3,(H,25,26,28). The van der Waals surface area contributed by atoms with E-state index < -0.39 is 4.92 Å². The Labute approximate surface area is 190 Å². The van der Waals surface area contributed by atoms with E-state index in [-0.39, 0.29) is 17.4 Å². The summed E-state index contributed by atoms with van der Waals surface area (Å²) >= 11 is 0. The Hall–Kier alpha value is -4.27. The van der Waals surface area contributed by atoms with Crippen LogP contribution in [0.15, 0.2) is 60.9 Å². The molecule has 2 aromatic heterocycles. The number of aromatic nitrogens is 3. The highest BCUT2D eigenvalue weighted by atomic mass is 16.6. The summed E-state index contributed by atoms with van der Waals surface area (Å²) < 4.78 is 11.5. The van der Waals surface area contributed by atoms with Crippen molar-refractivity contribution in [1.29, 1.82) is 0 Å². The molecule has 0 aliphatic rings. The molecule has 1 N–H and O–H groups in total. The molecule has 33 heavy (non-hydrogen) atoms. The monoisotopic (exact) mass is 445 g/mol. The second kappa shape index (κ2) is 9.90. The predicted octanol–water partition coefficient (Wildman–Crippen LogP) is 5.96. The Morgan fingerprint density at radius 3 is 2.64 bits per heavy atom. The molecule has 0 aliphatic heterocycles. The summed E-state index contributed by atoms with van der Waals surface area (Å²) in [6.45, 7) is 4.61. The number of aryl methyl sites for hydroxylation is 1. The Kier molecular flexibility index (Phi) is 6.58. The molecular formula is C24H23N5O4. The smallest absolute Gasteiger partial charge is 0.373 e. The second-order valence-electron chi connectivity index (χ2n) is 7.37. The summed E-state index contributed by atoms with van der Waals surface area (Å²) in [4.78, 5) is 23.9. The molecule has 9 nitrogen and oxygen atoms in total. The Morgan fingerprint density at radius 2 is 1.88 bits per heavy atom. The van der Waals surface area contributed by atoms with E-state index in [1.165, 1.54) is 6.33 Å². The van der Waals surface area contributed by atoms with E-state index in [1.807, 2.05) is 25.1 Å². The average Bonchev–Trinajstić information content (AvgIpc) is 2.81. The van der Waals surface area contributed by atoms with Crippen LogP contribution in [0.4, 0.5) is 17.2 Å². The summed E-state index contributed by atoms with van der Waals surface area (Å²) in [5.74, 6) is 0.952. The minimum absolute atomic E-state index is 0.0222. The van der Waals surface area contributed by atoms with E-state index in [0.29, 0.717) is 23.6 Å². The summed E-state index contributed by atoms with van der Waals surface area (Å²) in [6.07, 6.45) is 3.24. The van der Waals surface area contributed by atoms with Gasteiger partial charge in [-0.3, -0.25) is 10.1 Å². The number of hydrogen-bond donors (Lipinski definition) is 1.